The molecule has 4 nitrogen and oxygen atoms in total. The lowest BCUT2D eigenvalue weighted by molar-refractivity contribution is 0.0351. The number of hydrogen-bond acceptors (Lipinski definition) is 4. The van der Waals surface area contributed by atoms with Crippen molar-refractivity contribution >= 4 is 15.8 Å². The fourth-order valence-electron chi connectivity index (χ4n) is 1.70. The quantitative estimate of drug-likeness (QED) is 0.747. The highest BCUT2D eigenvalue weighted by Gasteiger charge is 2.31. The summed E-state index contributed by atoms with van der Waals surface area (Å²) in [7, 11) is -3.10. The standard InChI is InChI=1S/C11H11FO4S/c12-10-4-2-1-3-9(10)11(13)16-8-5-6-17(14,15)7-8/h1-4,8H,5-7H2/t8-/m0/s1. The Bertz CT molecular complexity index is 538. The van der Waals surface area contributed by atoms with Crippen LogP contribution >= 0.6 is 0 Å². The molecule has 0 aromatic heterocycles. The second-order valence-corrected chi connectivity index (χ2v) is 6.14. The molecule has 0 aliphatic carbocycles. The van der Waals surface area contributed by atoms with Crippen LogP contribution in [0.1, 0.15) is 16.8 Å². The Morgan fingerprint density at radius 2 is 2.06 bits per heavy atom. The molecule has 1 heterocycles. The van der Waals surface area contributed by atoms with Crippen molar-refractivity contribution in [3.05, 3.63) is 35.6 Å². The smallest absolute Gasteiger partial charge is 0.341 e. The molecule has 17 heavy (non-hydrogen) atoms. The van der Waals surface area contributed by atoms with Crippen LogP contribution in [0.5, 0.6) is 0 Å². The molecule has 1 atom stereocenters. The minimum Gasteiger partial charge on any atom is -0.458 e. The van der Waals surface area contributed by atoms with Crippen LogP contribution in [0.25, 0.3) is 0 Å². The van der Waals surface area contributed by atoms with Gasteiger partial charge in [-0.25, -0.2) is 17.6 Å². The summed E-state index contributed by atoms with van der Waals surface area (Å²) in [6.07, 6.45) is -0.380. The van der Waals surface area contributed by atoms with E-state index in [1.807, 2.05) is 0 Å². The van der Waals surface area contributed by atoms with Gasteiger partial charge in [-0.15, -0.1) is 0 Å². The van der Waals surface area contributed by atoms with Crippen LogP contribution in [0.3, 0.4) is 0 Å². The number of benzene rings is 1. The average Bonchev–Trinajstić information content (AvgIpc) is 2.58. The molecule has 0 radical (unpaired) electrons. The molecule has 92 valence electrons. The van der Waals surface area contributed by atoms with Crippen molar-refractivity contribution in [2.24, 2.45) is 0 Å². The SMILES string of the molecule is O=C(O[C@H]1CCS(=O)(=O)C1)c1ccccc1F. The van der Waals surface area contributed by atoms with Crippen LogP contribution in [0.15, 0.2) is 24.3 Å². The van der Waals surface area contributed by atoms with E-state index in [9.17, 15) is 17.6 Å². The Kier molecular flexibility index (Phi) is 3.15. The van der Waals surface area contributed by atoms with Crippen molar-refractivity contribution in [3.8, 4) is 0 Å². The van der Waals surface area contributed by atoms with Gasteiger partial charge < -0.3 is 4.74 Å². The maximum absolute atomic E-state index is 13.2. The van der Waals surface area contributed by atoms with Crippen molar-refractivity contribution in [2.75, 3.05) is 11.5 Å². The summed E-state index contributed by atoms with van der Waals surface area (Å²) in [5.74, 6) is -1.64. The fourth-order valence-corrected chi connectivity index (χ4v) is 3.29. The molecule has 0 saturated carbocycles. The molecule has 1 aliphatic heterocycles. The van der Waals surface area contributed by atoms with Crippen LogP contribution < -0.4 is 0 Å². The van der Waals surface area contributed by atoms with Gasteiger partial charge in [0.1, 0.15) is 11.9 Å². The number of carbonyl (C=O) groups excluding carboxylic acids is 1. The number of esters is 1. The Balaban J connectivity index is 2.06. The Labute approximate surface area is 98.3 Å². The molecule has 0 unspecified atom stereocenters. The number of halogens is 1. The van der Waals surface area contributed by atoms with Crippen molar-refractivity contribution < 1.29 is 22.3 Å². The predicted molar refractivity (Wildman–Crippen MR) is 58.9 cm³/mol. The first-order chi connectivity index (χ1) is 7.98. The Morgan fingerprint density at radius 3 is 2.65 bits per heavy atom. The summed E-state index contributed by atoms with van der Waals surface area (Å²) in [4.78, 5) is 11.6. The molecule has 0 amide bonds. The Morgan fingerprint density at radius 1 is 1.35 bits per heavy atom. The van der Waals surface area contributed by atoms with Crippen molar-refractivity contribution in [2.45, 2.75) is 12.5 Å². The van der Waals surface area contributed by atoms with E-state index in [0.29, 0.717) is 0 Å². The highest BCUT2D eigenvalue weighted by molar-refractivity contribution is 7.91. The number of sulfone groups is 1. The zero-order valence-corrected chi connectivity index (χ0v) is 9.74. The third-order valence-electron chi connectivity index (χ3n) is 2.56. The maximum Gasteiger partial charge on any atom is 0.341 e. The second-order valence-electron chi connectivity index (χ2n) is 3.91. The minimum atomic E-state index is -3.10. The summed E-state index contributed by atoms with van der Waals surface area (Å²) in [6.45, 7) is 0. The summed E-state index contributed by atoms with van der Waals surface area (Å²) in [5, 5.41) is 0. The fraction of sp³-hybridized carbons (Fsp3) is 0.364. The molecular weight excluding hydrogens is 247 g/mol. The number of rotatable bonds is 2. The van der Waals surface area contributed by atoms with Gasteiger partial charge in [0.05, 0.1) is 17.1 Å². The third kappa shape index (κ3) is 2.82. The number of ether oxygens (including phenoxy) is 1. The van der Waals surface area contributed by atoms with E-state index in [1.54, 1.807) is 0 Å². The lowest BCUT2D eigenvalue weighted by Crippen LogP contribution is -2.20. The van der Waals surface area contributed by atoms with E-state index in [-0.39, 0.29) is 23.5 Å². The zero-order valence-electron chi connectivity index (χ0n) is 8.93. The van der Waals surface area contributed by atoms with Crippen molar-refractivity contribution in [3.63, 3.8) is 0 Å². The monoisotopic (exact) mass is 258 g/mol. The van der Waals surface area contributed by atoms with Crippen molar-refractivity contribution in [1.82, 2.24) is 0 Å². The van der Waals surface area contributed by atoms with Gasteiger partial charge in [0.15, 0.2) is 9.84 Å². The largest absolute Gasteiger partial charge is 0.458 e. The van der Waals surface area contributed by atoms with E-state index < -0.39 is 27.7 Å². The second kappa shape index (κ2) is 4.44. The van der Waals surface area contributed by atoms with Gasteiger partial charge in [0.25, 0.3) is 0 Å². The topological polar surface area (TPSA) is 60.4 Å². The normalized spacial score (nSPS) is 22.3. The highest BCUT2D eigenvalue weighted by atomic mass is 32.2. The van der Waals surface area contributed by atoms with E-state index in [2.05, 4.69) is 0 Å². The maximum atomic E-state index is 13.2. The summed E-state index contributed by atoms with van der Waals surface area (Å²) < 4.78 is 40.5. The Hall–Kier alpha value is -1.43. The zero-order chi connectivity index (χ0) is 12.5. The summed E-state index contributed by atoms with van der Waals surface area (Å²) >= 11 is 0. The first-order valence-corrected chi connectivity index (χ1v) is 6.96. The molecule has 1 aromatic rings. The molecule has 2 rings (SSSR count). The van der Waals surface area contributed by atoms with Gasteiger partial charge >= 0.3 is 5.97 Å². The van der Waals surface area contributed by atoms with Crippen LogP contribution in [0.2, 0.25) is 0 Å². The number of carbonyl (C=O) groups is 1. The number of hydrogen-bond donors (Lipinski definition) is 0. The third-order valence-corrected chi connectivity index (χ3v) is 4.30. The van der Waals surface area contributed by atoms with E-state index >= 15 is 0 Å². The van der Waals surface area contributed by atoms with Crippen LogP contribution in [-0.2, 0) is 14.6 Å². The molecular formula is C11H11FO4S. The lowest BCUT2D eigenvalue weighted by Gasteiger charge is -2.10. The highest BCUT2D eigenvalue weighted by Crippen LogP contribution is 2.17. The van der Waals surface area contributed by atoms with Gasteiger partial charge in [-0.05, 0) is 18.6 Å². The van der Waals surface area contributed by atoms with Gasteiger partial charge in [0.2, 0.25) is 0 Å². The van der Waals surface area contributed by atoms with Crippen LogP contribution in [0.4, 0.5) is 4.39 Å². The van der Waals surface area contributed by atoms with Gasteiger partial charge in [-0.2, -0.15) is 0 Å². The van der Waals surface area contributed by atoms with E-state index in [1.165, 1.54) is 18.2 Å². The van der Waals surface area contributed by atoms with Gasteiger partial charge in [-0.3, -0.25) is 0 Å². The predicted octanol–water partition coefficient (Wildman–Crippen LogP) is 1.17. The minimum absolute atomic E-state index is 0.0161. The molecule has 6 heteroatoms. The molecule has 0 spiro atoms. The van der Waals surface area contributed by atoms with E-state index in [4.69, 9.17) is 4.74 Å². The van der Waals surface area contributed by atoms with Crippen molar-refractivity contribution in [1.29, 1.82) is 0 Å². The molecule has 1 aliphatic rings. The lowest BCUT2D eigenvalue weighted by atomic mass is 10.2. The van der Waals surface area contributed by atoms with Gasteiger partial charge in [-0.1, -0.05) is 12.1 Å². The molecule has 0 bridgehead atoms. The molecule has 1 saturated heterocycles. The molecule has 1 fully saturated rings. The first-order valence-electron chi connectivity index (χ1n) is 5.14. The summed E-state index contributed by atoms with van der Waals surface area (Å²) in [5.41, 5.74) is -0.170. The van der Waals surface area contributed by atoms with Crippen LogP contribution in [-0.4, -0.2) is 32.0 Å². The molecule has 0 N–H and O–H groups in total. The van der Waals surface area contributed by atoms with E-state index in [0.717, 1.165) is 6.07 Å². The van der Waals surface area contributed by atoms with Gasteiger partial charge in [0, 0.05) is 0 Å². The summed E-state index contributed by atoms with van der Waals surface area (Å²) in [6, 6.07) is 5.44. The molecule has 1 aromatic carbocycles. The first kappa shape index (κ1) is 12.0. The van der Waals surface area contributed by atoms with Crippen LogP contribution in [0, 0.1) is 5.82 Å². The average molecular weight is 258 g/mol.